The third kappa shape index (κ3) is 3.02. The Bertz CT molecular complexity index is 374. The normalized spacial score (nSPS) is 16.6. The molecule has 0 amide bonds. The molecule has 0 bridgehead atoms. The Kier molecular flexibility index (Phi) is 3.55. The number of hydrogen-bond donors (Lipinski definition) is 0. The molecule has 0 radical (unpaired) electrons. The van der Waals surface area contributed by atoms with Crippen molar-refractivity contribution in [2.75, 3.05) is 0 Å². The van der Waals surface area contributed by atoms with Crippen LogP contribution in [0.1, 0.15) is 32.3 Å². The lowest BCUT2D eigenvalue weighted by atomic mass is 10.0. The lowest BCUT2D eigenvalue weighted by Gasteiger charge is -2.10. The van der Waals surface area contributed by atoms with Gasteiger partial charge in [0.05, 0.1) is 12.4 Å². The van der Waals surface area contributed by atoms with E-state index in [-0.39, 0.29) is 6.10 Å². The van der Waals surface area contributed by atoms with E-state index in [0.29, 0.717) is 5.92 Å². The first-order chi connectivity index (χ1) is 7.66. The summed E-state index contributed by atoms with van der Waals surface area (Å²) in [5, 5.41) is 0.781. The number of ether oxygens (including phenoxy) is 1. The van der Waals surface area contributed by atoms with E-state index in [1.54, 1.807) is 0 Å². The molecule has 0 N–H and O–H groups in total. The number of rotatable bonds is 4. The summed E-state index contributed by atoms with van der Waals surface area (Å²) in [4.78, 5) is 0. The third-order valence-corrected chi connectivity index (χ3v) is 2.91. The van der Waals surface area contributed by atoms with Gasteiger partial charge in [0.1, 0.15) is 0 Å². The van der Waals surface area contributed by atoms with Gasteiger partial charge in [-0.2, -0.15) is 0 Å². The van der Waals surface area contributed by atoms with Gasteiger partial charge in [-0.25, -0.2) is 0 Å². The van der Waals surface area contributed by atoms with Crippen LogP contribution in [-0.4, -0.2) is 6.10 Å². The van der Waals surface area contributed by atoms with Crippen LogP contribution in [0, 0.1) is 5.92 Å². The van der Waals surface area contributed by atoms with Crippen LogP contribution in [-0.2, 0) is 4.74 Å². The Hall–Kier alpha value is -0.950. The molecule has 0 heterocycles. The summed E-state index contributed by atoms with van der Waals surface area (Å²) in [6.45, 7) is 4.09. The highest BCUT2D eigenvalue weighted by molar-refractivity contribution is 6.30. The highest BCUT2D eigenvalue weighted by Gasteiger charge is 2.27. The second kappa shape index (κ2) is 4.92. The molecule has 0 saturated heterocycles. The van der Waals surface area contributed by atoms with Gasteiger partial charge >= 0.3 is 0 Å². The van der Waals surface area contributed by atoms with Gasteiger partial charge in [0.2, 0.25) is 0 Å². The van der Waals surface area contributed by atoms with Crippen molar-refractivity contribution in [2.45, 2.75) is 32.8 Å². The van der Waals surface area contributed by atoms with Crippen molar-refractivity contribution in [1.29, 1.82) is 0 Å². The minimum atomic E-state index is 0.237. The molecule has 1 nitrogen and oxygen atoms in total. The summed E-state index contributed by atoms with van der Waals surface area (Å²) < 4.78 is 5.59. The van der Waals surface area contributed by atoms with Crippen LogP contribution in [0.4, 0.5) is 0 Å². The van der Waals surface area contributed by atoms with Crippen molar-refractivity contribution in [3.63, 3.8) is 0 Å². The van der Waals surface area contributed by atoms with Gasteiger partial charge in [-0.05, 0) is 55.9 Å². The Balaban J connectivity index is 2.18. The lowest BCUT2D eigenvalue weighted by molar-refractivity contribution is 0.180. The fourth-order valence-corrected chi connectivity index (χ4v) is 1.77. The summed E-state index contributed by atoms with van der Waals surface area (Å²) >= 11 is 5.89. The Morgan fingerprint density at radius 3 is 2.44 bits per heavy atom. The van der Waals surface area contributed by atoms with Gasteiger partial charge < -0.3 is 4.74 Å². The minimum absolute atomic E-state index is 0.237. The number of halogens is 1. The predicted octanol–water partition coefficient (Wildman–Crippen LogP) is 4.52. The monoisotopic (exact) mass is 236 g/mol. The molecule has 1 fully saturated rings. The van der Waals surface area contributed by atoms with Gasteiger partial charge in [-0.15, -0.1) is 0 Å². The Labute approximate surface area is 102 Å². The van der Waals surface area contributed by atoms with Crippen LogP contribution >= 0.6 is 11.6 Å². The van der Waals surface area contributed by atoms with Crippen molar-refractivity contribution < 1.29 is 4.74 Å². The molecule has 86 valence electrons. The summed E-state index contributed by atoms with van der Waals surface area (Å²) in [5.74, 6) is 0.680. The van der Waals surface area contributed by atoms with Gasteiger partial charge in [0.15, 0.2) is 0 Å². The quantitative estimate of drug-likeness (QED) is 0.699. The molecule has 1 aromatic rings. The molecule has 1 aliphatic carbocycles. The van der Waals surface area contributed by atoms with Crippen molar-refractivity contribution in [1.82, 2.24) is 0 Å². The van der Waals surface area contributed by atoms with E-state index in [1.165, 1.54) is 24.0 Å². The zero-order valence-corrected chi connectivity index (χ0v) is 10.5. The smallest absolute Gasteiger partial charge is 0.0922 e. The van der Waals surface area contributed by atoms with E-state index >= 15 is 0 Å². The number of benzene rings is 1. The molecular formula is C14H17ClO. The molecular weight excluding hydrogens is 220 g/mol. The molecule has 0 aliphatic heterocycles. The fraction of sp³-hybridized carbons (Fsp3) is 0.429. The van der Waals surface area contributed by atoms with E-state index in [0.717, 1.165) is 5.02 Å². The first kappa shape index (κ1) is 11.5. The van der Waals surface area contributed by atoms with Gasteiger partial charge in [-0.1, -0.05) is 23.7 Å². The zero-order valence-electron chi connectivity index (χ0n) is 9.74. The third-order valence-electron chi connectivity index (χ3n) is 2.66. The van der Waals surface area contributed by atoms with Gasteiger partial charge in [-0.3, -0.25) is 0 Å². The fourth-order valence-electron chi connectivity index (χ4n) is 1.65. The molecule has 16 heavy (non-hydrogen) atoms. The highest BCUT2D eigenvalue weighted by Crippen LogP contribution is 2.42. The molecule has 1 saturated carbocycles. The lowest BCUT2D eigenvalue weighted by Crippen LogP contribution is -1.97. The molecule has 0 atom stereocenters. The summed E-state index contributed by atoms with van der Waals surface area (Å²) in [6, 6.07) is 8.00. The van der Waals surface area contributed by atoms with Crippen LogP contribution < -0.4 is 0 Å². The SMILES string of the molecule is CC(C)O/C=C(\c1ccc(Cl)cc1)C1CC1. The van der Waals surface area contributed by atoms with Crippen LogP contribution in [0.3, 0.4) is 0 Å². The molecule has 0 unspecified atom stereocenters. The molecule has 0 spiro atoms. The van der Waals surface area contributed by atoms with Crippen LogP contribution in [0.5, 0.6) is 0 Å². The Morgan fingerprint density at radius 2 is 1.94 bits per heavy atom. The largest absolute Gasteiger partial charge is 0.498 e. The van der Waals surface area contributed by atoms with Gasteiger partial charge in [0.25, 0.3) is 0 Å². The van der Waals surface area contributed by atoms with E-state index in [9.17, 15) is 0 Å². The van der Waals surface area contributed by atoms with Crippen molar-refractivity contribution in [2.24, 2.45) is 5.92 Å². The standard InChI is InChI=1S/C14H17ClO/c1-10(2)16-9-14(11-3-4-11)12-5-7-13(15)8-6-12/h5-11H,3-4H2,1-2H3/b14-9-. The average molecular weight is 237 g/mol. The average Bonchev–Trinajstić information content (AvgIpc) is 3.04. The van der Waals surface area contributed by atoms with E-state index in [2.05, 4.69) is 12.1 Å². The first-order valence-electron chi connectivity index (χ1n) is 5.78. The zero-order chi connectivity index (χ0) is 11.5. The number of hydrogen-bond acceptors (Lipinski definition) is 1. The Morgan fingerprint density at radius 1 is 1.31 bits per heavy atom. The molecule has 2 rings (SSSR count). The molecule has 1 aromatic carbocycles. The second-order valence-corrected chi connectivity index (χ2v) is 4.98. The van der Waals surface area contributed by atoms with Crippen LogP contribution in [0.15, 0.2) is 30.5 Å². The summed E-state index contributed by atoms with van der Waals surface area (Å²) in [7, 11) is 0. The molecule has 1 aliphatic rings. The highest BCUT2D eigenvalue weighted by atomic mass is 35.5. The topological polar surface area (TPSA) is 9.23 Å². The van der Waals surface area contributed by atoms with E-state index < -0.39 is 0 Å². The maximum Gasteiger partial charge on any atom is 0.0922 e. The minimum Gasteiger partial charge on any atom is -0.498 e. The maximum absolute atomic E-state index is 5.89. The van der Waals surface area contributed by atoms with Crippen LogP contribution in [0.2, 0.25) is 5.02 Å². The van der Waals surface area contributed by atoms with E-state index in [1.807, 2.05) is 32.2 Å². The predicted molar refractivity (Wildman–Crippen MR) is 68.4 cm³/mol. The van der Waals surface area contributed by atoms with Crippen LogP contribution in [0.25, 0.3) is 5.57 Å². The second-order valence-electron chi connectivity index (χ2n) is 4.54. The van der Waals surface area contributed by atoms with Crippen molar-refractivity contribution >= 4 is 17.2 Å². The molecule has 2 heteroatoms. The maximum atomic E-state index is 5.89. The summed E-state index contributed by atoms with van der Waals surface area (Å²) in [6.07, 6.45) is 4.71. The van der Waals surface area contributed by atoms with E-state index in [4.69, 9.17) is 16.3 Å². The van der Waals surface area contributed by atoms with Crippen molar-refractivity contribution in [3.8, 4) is 0 Å². The number of allylic oxidation sites excluding steroid dienone is 1. The van der Waals surface area contributed by atoms with Crippen molar-refractivity contribution in [3.05, 3.63) is 41.1 Å². The first-order valence-corrected chi connectivity index (χ1v) is 6.16. The molecule has 0 aromatic heterocycles. The van der Waals surface area contributed by atoms with Gasteiger partial charge in [0, 0.05) is 5.02 Å². The summed E-state index contributed by atoms with van der Waals surface area (Å²) in [5.41, 5.74) is 2.54.